The molecule has 1 aromatic carbocycles. The zero-order valence-corrected chi connectivity index (χ0v) is 14.2. The lowest BCUT2D eigenvalue weighted by molar-refractivity contribution is 0.0935. The van der Waals surface area contributed by atoms with Crippen LogP contribution in [0.15, 0.2) is 84.3 Å². The van der Waals surface area contributed by atoms with E-state index in [9.17, 15) is 4.79 Å². The predicted molar refractivity (Wildman–Crippen MR) is 97.5 cm³/mol. The largest absolute Gasteiger partial charge is 0.467 e. The second-order valence-electron chi connectivity index (χ2n) is 5.97. The monoisotopic (exact) mass is 346 g/mol. The maximum Gasteiger partial charge on any atom is 0.251 e. The molecule has 3 aromatic heterocycles. The van der Waals surface area contributed by atoms with Crippen LogP contribution in [-0.2, 0) is 0 Å². The first-order chi connectivity index (χ1) is 12.7. The van der Waals surface area contributed by atoms with E-state index < -0.39 is 0 Å². The molecule has 1 unspecified atom stereocenters. The normalized spacial score (nSPS) is 12.0. The van der Waals surface area contributed by atoms with Crippen molar-refractivity contribution >= 4 is 5.91 Å². The van der Waals surface area contributed by atoms with Crippen LogP contribution in [0.25, 0.3) is 11.4 Å². The number of carbonyl (C=O) groups excluding carboxylic acids is 1. The highest BCUT2D eigenvalue weighted by Crippen LogP contribution is 2.22. The van der Waals surface area contributed by atoms with Crippen molar-refractivity contribution in [2.75, 3.05) is 0 Å². The summed E-state index contributed by atoms with van der Waals surface area (Å²) in [6, 6.07) is 12.9. The van der Waals surface area contributed by atoms with Gasteiger partial charge in [0.05, 0.1) is 30.0 Å². The van der Waals surface area contributed by atoms with Gasteiger partial charge in [0.15, 0.2) is 0 Å². The van der Waals surface area contributed by atoms with Gasteiger partial charge in [0.25, 0.3) is 5.91 Å². The van der Waals surface area contributed by atoms with Crippen LogP contribution in [0.5, 0.6) is 0 Å². The summed E-state index contributed by atoms with van der Waals surface area (Å²) in [5.74, 6) is 0.568. The van der Waals surface area contributed by atoms with Crippen molar-refractivity contribution in [3.05, 3.63) is 91.2 Å². The minimum absolute atomic E-state index is 0.153. The van der Waals surface area contributed by atoms with E-state index in [0.29, 0.717) is 5.56 Å². The Balaban J connectivity index is 1.67. The molecule has 130 valence electrons. The molecular weight excluding hydrogens is 328 g/mol. The molecule has 0 saturated heterocycles. The number of carbonyl (C=O) groups is 1. The maximum absolute atomic E-state index is 12.7. The van der Waals surface area contributed by atoms with Crippen molar-refractivity contribution in [1.82, 2.24) is 19.4 Å². The molecule has 0 radical (unpaired) electrons. The number of furan rings is 1. The van der Waals surface area contributed by atoms with Crippen LogP contribution < -0.4 is 5.32 Å². The fourth-order valence-electron chi connectivity index (χ4n) is 2.88. The summed E-state index contributed by atoms with van der Waals surface area (Å²) in [6.07, 6.45) is 10.8. The van der Waals surface area contributed by atoms with Crippen LogP contribution in [0.3, 0.4) is 0 Å². The molecule has 6 heteroatoms. The number of hydrogen-bond acceptors (Lipinski definition) is 3. The van der Waals surface area contributed by atoms with Crippen LogP contribution in [0, 0.1) is 0 Å². The molecule has 1 N–H and O–H groups in total. The Morgan fingerprint density at radius 2 is 1.92 bits per heavy atom. The molecule has 1 amide bonds. The van der Waals surface area contributed by atoms with Gasteiger partial charge in [0.1, 0.15) is 5.76 Å². The van der Waals surface area contributed by atoms with Crippen LogP contribution in [0.4, 0.5) is 0 Å². The summed E-state index contributed by atoms with van der Waals surface area (Å²) in [4.78, 5) is 16.8. The highest BCUT2D eigenvalue weighted by molar-refractivity contribution is 5.95. The van der Waals surface area contributed by atoms with Crippen molar-refractivity contribution in [3.63, 3.8) is 0 Å². The van der Waals surface area contributed by atoms with E-state index in [1.54, 1.807) is 18.8 Å². The fourth-order valence-corrected chi connectivity index (χ4v) is 2.88. The van der Waals surface area contributed by atoms with Crippen molar-refractivity contribution in [2.24, 2.45) is 0 Å². The summed E-state index contributed by atoms with van der Waals surface area (Å²) in [5, 5.41) is 2.96. The molecule has 4 rings (SSSR count). The first-order valence-electron chi connectivity index (χ1n) is 8.32. The smallest absolute Gasteiger partial charge is 0.251 e. The number of imidazole rings is 1. The third-order valence-corrected chi connectivity index (χ3v) is 4.22. The van der Waals surface area contributed by atoms with Gasteiger partial charge in [-0.15, -0.1) is 0 Å². The van der Waals surface area contributed by atoms with Crippen molar-refractivity contribution in [3.8, 4) is 11.4 Å². The first kappa shape index (κ1) is 16.0. The minimum Gasteiger partial charge on any atom is -0.467 e. The molecule has 0 fully saturated rings. The van der Waals surface area contributed by atoms with Gasteiger partial charge < -0.3 is 18.9 Å². The Morgan fingerprint density at radius 1 is 1.08 bits per heavy atom. The average molecular weight is 346 g/mol. The quantitative estimate of drug-likeness (QED) is 0.598. The van der Waals surface area contributed by atoms with Gasteiger partial charge in [-0.2, -0.15) is 0 Å². The van der Waals surface area contributed by atoms with E-state index in [2.05, 4.69) is 10.3 Å². The Labute approximate surface area is 150 Å². The molecular formula is C20H18N4O2. The Bertz CT molecular complexity index is 987. The third kappa shape index (κ3) is 3.04. The van der Waals surface area contributed by atoms with E-state index in [-0.39, 0.29) is 11.9 Å². The SMILES string of the molecule is CC(NC(=O)c1ccc(-n2ccnc2)c(-n2cccc2)c1)c1ccco1. The van der Waals surface area contributed by atoms with E-state index in [1.807, 2.05) is 77.1 Å². The molecule has 1 atom stereocenters. The maximum atomic E-state index is 12.7. The van der Waals surface area contributed by atoms with E-state index >= 15 is 0 Å². The molecule has 0 aliphatic rings. The number of aromatic nitrogens is 3. The number of nitrogens with one attached hydrogen (secondary N) is 1. The number of hydrogen-bond donors (Lipinski definition) is 1. The van der Waals surface area contributed by atoms with Crippen molar-refractivity contribution in [1.29, 1.82) is 0 Å². The second kappa shape index (κ2) is 6.76. The third-order valence-electron chi connectivity index (χ3n) is 4.22. The second-order valence-corrected chi connectivity index (χ2v) is 5.97. The Kier molecular flexibility index (Phi) is 4.15. The number of nitrogens with zero attached hydrogens (tertiary/aromatic N) is 3. The van der Waals surface area contributed by atoms with Crippen molar-refractivity contribution < 1.29 is 9.21 Å². The topological polar surface area (TPSA) is 65.0 Å². The highest BCUT2D eigenvalue weighted by Gasteiger charge is 2.16. The molecule has 0 saturated carbocycles. The van der Waals surface area contributed by atoms with Gasteiger partial charge in [0.2, 0.25) is 0 Å². The van der Waals surface area contributed by atoms with E-state index in [4.69, 9.17) is 4.42 Å². The van der Waals surface area contributed by atoms with Crippen LogP contribution in [-0.4, -0.2) is 20.0 Å². The highest BCUT2D eigenvalue weighted by atomic mass is 16.3. The van der Waals surface area contributed by atoms with Gasteiger partial charge in [-0.1, -0.05) is 0 Å². The summed E-state index contributed by atoms with van der Waals surface area (Å²) < 4.78 is 9.25. The average Bonchev–Trinajstić information content (AvgIpc) is 3.44. The van der Waals surface area contributed by atoms with Gasteiger partial charge in [-0.3, -0.25) is 4.79 Å². The predicted octanol–water partition coefficient (Wildman–Crippen LogP) is 3.75. The van der Waals surface area contributed by atoms with Crippen LogP contribution in [0.1, 0.15) is 29.1 Å². The number of amides is 1. The molecule has 0 bridgehead atoms. The first-order valence-corrected chi connectivity index (χ1v) is 8.32. The lowest BCUT2D eigenvalue weighted by Gasteiger charge is -2.15. The molecule has 26 heavy (non-hydrogen) atoms. The molecule has 6 nitrogen and oxygen atoms in total. The lowest BCUT2D eigenvalue weighted by Crippen LogP contribution is -2.26. The number of benzene rings is 1. The summed E-state index contributed by atoms with van der Waals surface area (Å²) in [5.41, 5.74) is 2.41. The van der Waals surface area contributed by atoms with Gasteiger partial charge in [0, 0.05) is 30.4 Å². The van der Waals surface area contributed by atoms with Gasteiger partial charge >= 0.3 is 0 Å². The molecule has 3 heterocycles. The molecule has 0 aliphatic carbocycles. The molecule has 4 aromatic rings. The zero-order chi connectivity index (χ0) is 17.9. The van der Waals surface area contributed by atoms with Gasteiger partial charge in [-0.25, -0.2) is 4.98 Å². The molecule has 0 aliphatic heterocycles. The Hall–Kier alpha value is -3.54. The zero-order valence-electron chi connectivity index (χ0n) is 14.2. The van der Waals surface area contributed by atoms with E-state index in [1.165, 1.54) is 0 Å². The lowest BCUT2D eigenvalue weighted by atomic mass is 10.1. The summed E-state index contributed by atoms with van der Waals surface area (Å²) >= 11 is 0. The summed E-state index contributed by atoms with van der Waals surface area (Å²) in [6.45, 7) is 1.89. The molecule has 0 spiro atoms. The van der Waals surface area contributed by atoms with Crippen LogP contribution in [0.2, 0.25) is 0 Å². The van der Waals surface area contributed by atoms with Crippen LogP contribution >= 0.6 is 0 Å². The minimum atomic E-state index is -0.208. The Morgan fingerprint density at radius 3 is 2.62 bits per heavy atom. The standard InChI is InChI=1S/C20H18N4O2/c1-15(19-5-4-12-26-19)22-20(25)16-6-7-17(24-11-8-21-14-24)18(13-16)23-9-2-3-10-23/h2-15H,1H3,(H,22,25). The van der Waals surface area contributed by atoms with E-state index in [0.717, 1.165) is 17.1 Å². The van der Waals surface area contributed by atoms with Gasteiger partial charge in [-0.05, 0) is 49.4 Å². The fraction of sp³-hybridized carbons (Fsp3) is 0.100. The summed E-state index contributed by atoms with van der Waals surface area (Å²) in [7, 11) is 0. The van der Waals surface area contributed by atoms with Crippen molar-refractivity contribution in [2.45, 2.75) is 13.0 Å². The number of rotatable bonds is 5.